The van der Waals surface area contributed by atoms with E-state index in [2.05, 4.69) is 4.74 Å². The summed E-state index contributed by atoms with van der Waals surface area (Å²) in [5, 5.41) is 0. The highest BCUT2D eigenvalue weighted by molar-refractivity contribution is 5.80. The second-order valence-electron chi connectivity index (χ2n) is 5.37. The molecule has 0 saturated heterocycles. The number of methoxy groups -OCH3 is 1. The van der Waals surface area contributed by atoms with E-state index in [1.807, 2.05) is 30.3 Å². The Hall–Kier alpha value is -1.88. The molecule has 3 atom stereocenters. The van der Waals surface area contributed by atoms with Crippen LogP contribution in [0.15, 0.2) is 30.3 Å². The number of hydrogen-bond acceptors (Lipinski definition) is 4. The molecule has 0 saturated carbocycles. The van der Waals surface area contributed by atoms with Crippen LogP contribution in [0.5, 0.6) is 0 Å². The highest BCUT2D eigenvalue weighted by Gasteiger charge is 2.27. The summed E-state index contributed by atoms with van der Waals surface area (Å²) in [7, 11) is 3.02. The number of carbonyl (C=O) groups is 2. The van der Waals surface area contributed by atoms with Gasteiger partial charge >= 0.3 is 5.97 Å². The van der Waals surface area contributed by atoms with Crippen molar-refractivity contribution in [2.45, 2.75) is 19.9 Å². The summed E-state index contributed by atoms with van der Waals surface area (Å²) in [6.45, 7) is 3.86. The Kier molecular flexibility index (Phi) is 6.37. The van der Waals surface area contributed by atoms with Gasteiger partial charge in [0.2, 0.25) is 5.91 Å². The van der Waals surface area contributed by atoms with Gasteiger partial charge in [0, 0.05) is 19.6 Å². The maximum Gasteiger partial charge on any atom is 0.310 e. The van der Waals surface area contributed by atoms with Crippen LogP contribution in [0.25, 0.3) is 0 Å². The zero-order valence-electron chi connectivity index (χ0n) is 13.1. The first-order valence-corrected chi connectivity index (χ1v) is 7.01. The maximum absolute atomic E-state index is 12.4. The van der Waals surface area contributed by atoms with Gasteiger partial charge < -0.3 is 15.4 Å². The Bertz CT molecular complexity index is 476. The molecule has 1 rings (SSSR count). The number of esters is 1. The fourth-order valence-corrected chi connectivity index (χ4v) is 2.24. The zero-order chi connectivity index (χ0) is 16.0. The molecule has 0 bridgehead atoms. The number of amides is 1. The van der Waals surface area contributed by atoms with Crippen LogP contribution in [0.2, 0.25) is 0 Å². The Morgan fingerprint density at radius 3 is 2.33 bits per heavy atom. The summed E-state index contributed by atoms with van der Waals surface area (Å²) < 4.78 is 4.67. The lowest BCUT2D eigenvalue weighted by Crippen LogP contribution is -2.40. The summed E-state index contributed by atoms with van der Waals surface area (Å²) >= 11 is 0. The lowest BCUT2D eigenvalue weighted by atomic mass is 9.94. The number of rotatable bonds is 6. The van der Waals surface area contributed by atoms with E-state index in [0.717, 1.165) is 5.56 Å². The topological polar surface area (TPSA) is 72.6 Å². The molecule has 0 spiro atoms. The highest BCUT2D eigenvalue weighted by atomic mass is 16.5. The molecule has 3 unspecified atom stereocenters. The molecule has 116 valence electrons. The summed E-state index contributed by atoms with van der Waals surface area (Å²) in [5.74, 6) is -1.12. The maximum atomic E-state index is 12.4. The van der Waals surface area contributed by atoms with Crippen molar-refractivity contribution in [2.75, 3.05) is 20.7 Å². The predicted octanol–water partition coefficient (Wildman–Crippen LogP) is 1.59. The number of benzene rings is 1. The summed E-state index contributed by atoms with van der Waals surface area (Å²) in [6, 6.07) is 9.16. The van der Waals surface area contributed by atoms with E-state index in [1.54, 1.807) is 20.9 Å². The summed E-state index contributed by atoms with van der Waals surface area (Å²) in [6.07, 6.45) is 0. The third-order valence-electron chi connectivity index (χ3n) is 3.64. The minimum Gasteiger partial charge on any atom is -0.469 e. The van der Waals surface area contributed by atoms with E-state index >= 15 is 0 Å². The van der Waals surface area contributed by atoms with Crippen LogP contribution in [-0.4, -0.2) is 37.5 Å². The molecule has 0 aliphatic carbocycles. The first-order valence-electron chi connectivity index (χ1n) is 7.01. The Balaban J connectivity index is 2.67. The Labute approximate surface area is 126 Å². The molecule has 1 amide bonds. The zero-order valence-corrected chi connectivity index (χ0v) is 13.1. The molecule has 21 heavy (non-hydrogen) atoms. The van der Waals surface area contributed by atoms with Crippen molar-refractivity contribution in [3.8, 4) is 0 Å². The molecular weight excluding hydrogens is 268 g/mol. The van der Waals surface area contributed by atoms with E-state index < -0.39 is 0 Å². The van der Waals surface area contributed by atoms with E-state index in [-0.39, 0.29) is 29.8 Å². The van der Waals surface area contributed by atoms with E-state index in [0.29, 0.717) is 6.54 Å². The average molecular weight is 292 g/mol. The van der Waals surface area contributed by atoms with E-state index in [1.165, 1.54) is 12.0 Å². The molecule has 5 nitrogen and oxygen atoms in total. The van der Waals surface area contributed by atoms with Gasteiger partial charge in [0.15, 0.2) is 0 Å². The molecule has 1 aromatic carbocycles. The van der Waals surface area contributed by atoms with Crippen molar-refractivity contribution in [3.05, 3.63) is 35.9 Å². The lowest BCUT2D eigenvalue weighted by Gasteiger charge is -2.27. The molecule has 1 aromatic rings. The van der Waals surface area contributed by atoms with Crippen molar-refractivity contribution >= 4 is 11.9 Å². The monoisotopic (exact) mass is 292 g/mol. The third kappa shape index (κ3) is 4.56. The molecule has 0 aliphatic rings. The fourth-order valence-electron chi connectivity index (χ4n) is 2.24. The van der Waals surface area contributed by atoms with Crippen molar-refractivity contribution in [1.82, 2.24) is 4.90 Å². The number of nitrogens with zero attached hydrogens (tertiary/aromatic N) is 1. The Morgan fingerprint density at radius 1 is 1.24 bits per heavy atom. The Morgan fingerprint density at radius 2 is 1.81 bits per heavy atom. The number of ether oxygens (including phenoxy) is 1. The second kappa shape index (κ2) is 7.78. The van der Waals surface area contributed by atoms with Crippen molar-refractivity contribution in [1.29, 1.82) is 0 Å². The first-order chi connectivity index (χ1) is 9.88. The van der Waals surface area contributed by atoms with Crippen LogP contribution in [0.3, 0.4) is 0 Å². The standard InChI is InChI=1S/C16H24N2O3/c1-11(16(20)21-4)10-18(3)15(19)12(2)14(17)13-8-6-5-7-9-13/h5-9,11-12,14H,10,17H2,1-4H3. The predicted molar refractivity (Wildman–Crippen MR) is 81.4 cm³/mol. The molecule has 2 N–H and O–H groups in total. The van der Waals surface area contributed by atoms with Gasteiger partial charge in [0.25, 0.3) is 0 Å². The van der Waals surface area contributed by atoms with Gasteiger partial charge in [-0.1, -0.05) is 44.2 Å². The molecule has 0 fully saturated rings. The van der Waals surface area contributed by atoms with E-state index in [9.17, 15) is 9.59 Å². The van der Waals surface area contributed by atoms with Crippen LogP contribution < -0.4 is 5.73 Å². The summed E-state index contributed by atoms with van der Waals surface area (Å²) in [4.78, 5) is 25.3. The van der Waals surface area contributed by atoms with Crippen molar-refractivity contribution < 1.29 is 14.3 Å². The van der Waals surface area contributed by atoms with Gasteiger partial charge in [0.1, 0.15) is 0 Å². The molecule has 0 aromatic heterocycles. The lowest BCUT2D eigenvalue weighted by molar-refractivity contribution is -0.146. The molecule has 5 heteroatoms. The second-order valence-corrected chi connectivity index (χ2v) is 5.37. The van der Waals surface area contributed by atoms with Crippen LogP contribution in [-0.2, 0) is 14.3 Å². The quantitative estimate of drug-likeness (QED) is 0.808. The van der Waals surface area contributed by atoms with Crippen LogP contribution >= 0.6 is 0 Å². The van der Waals surface area contributed by atoms with Gasteiger partial charge in [0.05, 0.1) is 18.9 Å². The highest BCUT2D eigenvalue weighted by Crippen LogP contribution is 2.21. The van der Waals surface area contributed by atoms with Crippen molar-refractivity contribution in [2.24, 2.45) is 17.6 Å². The molecule has 0 heterocycles. The van der Waals surface area contributed by atoms with E-state index in [4.69, 9.17) is 5.73 Å². The van der Waals surface area contributed by atoms with Gasteiger partial charge in [-0.3, -0.25) is 9.59 Å². The smallest absolute Gasteiger partial charge is 0.310 e. The number of hydrogen-bond donors (Lipinski definition) is 1. The van der Waals surface area contributed by atoms with Gasteiger partial charge in [-0.25, -0.2) is 0 Å². The van der Waals surface area contributed by atoms with Crippen LogP contribution in [0.1, 0.15) is 25.5 Å². The largest absolute Gasteiger partial charge is 0.469 e. The average Bonchev–Trinajstić information content (AvgIpc) is 2.52. The number of carbonyl (C=O) groups excluding carboxylic acids is 2. The van der Waals surface area contributed by atoms with Crippen LogP contribution in [0.4, 0.5) is 0 Å². The minimum absolute atomic E-state index is 0.0814. The van der Waals surface area contributed by atoms with Gasteiger partial charge in [-0.05, 0) is 5.56 Å². The first kappa shape index (κ1) is 17.2. The molecule has 0 aliphatic heterocycles. The van der Waals surface area contributed by atoms with Crippen molar-refractivity contribution in [3.63, 3.8) is 0 Å². The summed E-state index contributed by atoms with van der Waals surface area (Å²) in [5.41, 5.74) is 7.08. The van der Waals surface area contributed by atoms with Gasteiger partial charge in [-0.2, -0.15) is 0 Å². The normalized spacial score (nSPS) is 14.9. The minimum atomic E-state index is -0.366. The fraction of sp³-hybridized carbons (Fsp3) is 0.500. The third-order valence-corrected chi connectivity index (χ3v) is 3.64. The molecular formula is C16H24N2O3. The van der Waals surface area contributed by atoms with Crippen LogP contribution in [0, 0.1) is 11.8 Å². The number of nitrogens with two attached hydrogens (primary N) is 1. The van der Waals surface area contributed by atoms with Gasteiger partial charge in [-0.15, -0.1) is 0 Å². The SMILES string of the molecule is COC(=O)C(C)CN(C)C(=O)C(C)C(N)c1ccccc1. The molecule has 0 radical (unpaired) electrons.